The van der Waals surface area contributed by atoms with Crippen LogP contribution in [0.25, 0.3) is 0 Å². The number of halogens is 1. The van der Waals surface area contributed by atoms with Crippen molar-refractivity contribution in [3.05, 3.63) is 11.6 Å². The smallest absolute Gasteiger partial charge is 0.0223 e. The SMILES string of the molecule is CC=C(C)C.CCCCCCl. The van der Waals surface area contributed by atoms with E-state index < -0.39 is 0 Å². The first-order valence-electron chi connectivity index (χ1n) is 4.34. The molecule has 0 aromatic rings. The van der Waals surface area contributed by atoms with Crippen molar-refractivity contribution < 1.29 is 0 Å². The van der Waals surface area contributed by atoms with Crippen molar-refractivity contribution in [2.75, 3.05) is 5.88 Å². The third-order valence-corrected chi connectivity index (χ3v) is 1.58. The van der Waals surface area contributed by atoms with E-state index in [2.05, 4.69) is 26.8 Å². The summed E-state index contributed by atoms with van der Waals surface area (Å²) >= 11 is 5.38. The fraction of sp³-hybridized carbons (Fsp3) is 0.800. The Hall–Kier alpha value is 0.0300. The molecule has 0 spiro atoms. The molecule has 0 N–H and O–H groups in total. The first-order chi connectivity index (χ1) is 5.18. The summed E-state index contributed by atoms with van der Waals surface area (Å²) in [7, 11) is 0. The molecule has 0 radical (unpaired) electrons. The Labute approximate surface area is 76.6 Å². The second kappa shape index (κ2) is 12.7. The van der Waals surface area contributed by atoms with Gasteiger partial charge in [-0.25, -0.2) is 0 Å². The average Bonchev–Trinajstić information content (AvgIpc) is 2.02. The Bertz CT molecular complexity index is 76.9. The predicted molar refractivity (Wildman–Crippen MR) is 55.4 cm³/mol. The number of unbranched alkanes of at least 4 members (excludes halogenated alkanes) is 2. The lowest BCUT2D eigenvalue weighted by molar-refractivity contribution is 0.776. The molecule has 0 aliphatic rings. The van der Waals surface area contributed by atoms with E-state index in [1.165, 1.54) is 24.8 Å². The van der Waals surface area contributed by atoms with Gasteiger partial charge in [-0.2, -0.15) is 0 Å². The zero-order chi connectivity index (χ0) is 9.11. The third-order valence-electron chi connectivity index (χ3n) is 1.31. The van der Waals surface area contributed by atoms with Gasteiger partial charge in [0.05, 0.1) is 0 Å². The summed E-state index contributed by atoms with van der Waals surface area (Å²) in [6, 6.07) is 0. The molecule has 0 nitrogen and oxygen atoms in total. The summed E-state index contributed by atoms with van der Waals surface area (Å²) in [5.41, 5.74) is 1.38. The molecule has 0 rings (SSSR count). The molecule has 0 bridgehead atoms. The van der Waals surface area contributed by atoms with Gasteiger partial charge >= 0.3 is 0 Å². The van der Waals surface area contributed by atoms with Gasteiger partial charge in [0.15, 0.2) is 0 Å². The van der Waals surface area contributed by atoms with Gasteiger partial charge in [-0.1, -0.05) is 31.4 Å². The molecule has 68 valence electrons. The molecule has 1 heteroatoms. The van der Waals surface area contributed by atoms with Crippen LogP contribution in [0.5, 0.6) is 0 Å². The van der Waals surface area contributed by atoms with E-state index in [-0.39, 0.29) is 0 Å². The second-order valence-corrected chi connectivity index (χ2v) is 3.14. The van der Waals surface area contributed by atoms with Crippen LogP contribution in [-0.4, -0.2) is 5.88 Å². The van der Waals surface area contributed by atoms with E-state index in [4.69, 9.17) is 11.6 Å². The molecule has 0 saturated heterocycles. The highest BCUT2D eigenvalue weighted by Gasteiger charge is 1.76. The Morgan fingerprint density at radius 1 is 1.27 bits per heavy atom. The molecular formula is C10H21Cl. The van der Waals surface area contributed by atoms with Crippen molar-refractivity contribution in [2.24, 2.45) is 0 Å². The second-order valence-electron chi connectivity index (χ2n) is 2.76. The van der Waals surface area contributed by atoms with E-state index in [0.29, 0.717) is 0 Å². The highest BCUT2D eigenvalue weighted by Crippen LogP contribution is 1.93. The quantitative estimate of drug-likeness (QED) is 0.340. The monoisotopic (exact) mass is 176 g/mol. The first kappa shape index (κ1) is 13.6. The first-order valence-corrected chi connectivity index (χ1v) is 4.87. The molecule has 0 heterocycles. The zero-order valence-electron chi connectivity index (χ0n) is 8.28. The Morgan fingerprint density at radius 2 is 1.73 bits per heavy atom. The van der Waals surface area contributed by atoms with Crippen molar-refractivity contribution in [3.8, 4) is 0 Å². The lowest BCUT2D eigenvalue weighted by atomic mass is 10.3. The molecule has 0 aromatic heterocycles. The normalized spacial score (nSPS) is 8.09. The molecule has 0 aromatic carbocycles. The lowest BCUT2D eigenvalue weighted by Crippen LogP contribution is -1.70. The van der Waals surface area contributed by atoms with Crippen LogP contribution in [0.15, 0.2) is 11.6 Å². The van der Waals surface area contributed by atoms with Gasteiger partial charge in [0.1, 0.15) is 0 Å². The standard InChI is InChI=1S/C5H11Cl.C5H10/c1-2-3-4-5-6;1-4-5(2)3/h2-5H2,1H3;4H,1-3H3. The minimum absolute atomic E-state index is 0.827. The fourth-order valence-corrected chi connectivity index (χ4v) is 0.533. The number of rotatable bonds is 3. The number of alkyl halides is 1. The fourth-order valence-electron chi connectivity index (χ4n) is 0.344. The maximum absolute atomic E-state index is 5.38. The van der Waals surface area contributed by atoms with E-state index in [0.717, 1.165) is 5.88 Å². The van der Waals surface area contributed by atoms with Gasteiger partial charge in [-0.3, -0.25) is 0 Å². The van der Waals surface area contributed by atoms with Crippen molar-refractivity contribution >= 4 is 11.6 Å². The Balaban J connectivity index is 0. The van der Waals surface area contributed by atoms with Crippen LogP contribution in [0.1, 0.15) is 47.0 Å². The Morgan fingerprint density at radius 3 is 1.82 bits per heavy atom. The molecule has 0 aliphatic heterocycles. The lowest BCUT2D eigenvalue weighted by Gasteiger charge is -1.84. The topological polar surface area (TPSA) is 0 Å². The molecule has 0 saturated carbocycles. The van der Waals surface area contributed by atoms with Crippen molar-refractivity contribution in [1.82, 2.24) is 0 Å². The summed E-state index contributed by atoms with van der Waals surface area (Å²) < 4.78 is 0. The van der Waals surface area contributed by atoms with Crippen LogP contribution >= 0.6 is 11.6 Å². The van der Waals surface area contributed by atoms with E-state index >= 15 is 0 Å². The van der Waals surface area contributed by atoms with Crippen LogP contribution in [0.3, 0.4) is 0 Å². The van der Waals surface area contributed by atoms with Crippen LogP contribution in [0.2, 0.25) is 0 Å². The highest BCUT2D eigenvalue weighted by molar-refractivity contribution is 6.17. The van der Waals surface area contributed by atoms with Gasteiger partial charge in [0.2, 0.25) is 0 Å². The molecular weight excluding hydrogens is 156 g/mol. The van der Waals surface area contributed by atoms with E-state index in [1.54, 1.807) is 0 Å². The molecule has 0 aliphatic carbocycles. The summed E-state index contributed by atoms with van der Waals surface area (Å²) in [5, 5.41) is 0. The van der Waals surface area contributed by atoms with Crippen molar-refractivity contribution in [2.45, 2.75) is 47.0 Å². The van der Waals surface area contributed by atoms with Gasteiger partial charge in [0.25, 0.3) is 0 Å². The van der Waals surface area contributed by atoms with Crippen LogP contribution in [0.4, 0.5) is 0 Å². The minimum Gasteiger partial charge on any atom is -0.127 e. The minimum atomic E-state index is 0.827. The summed E-state index contributed by atoms with van der Waals surface area (Å²) in [4.78, 5) is 0. The maximum atomic E-state index is 5.38. The van der Waals surface area contributed by atoms with Crippen LogP contribution in [0, 0.1) is 0 Å². The van der Waals surface area contributed by atoms with Crippen LogP contribution in [-0.2, 0) is 0 Å². The third kappa shape index (κ3) is 25.6. The number of allylic oxidation sites excluding steroid dienone is 2. The predicted octanol–water partition coefficient (Wildman–Crippen LogP) is 4.39. The largest absolute Gasteiger partial charge is 0.127 e. The summed E-state index contributed by atoms with van der Waals surface area (Å²) in [6.45, 7) is 8.38. The van der Waals surface area contributed by atoms with Crippen LogP contribution < -0.4 is 0 Å². The molecule has 0 amide bonds. The summed E-state index contributed by atoms with van der Waals surface area (Å²) in [6.07, 6.45) is 5.81. The van der Waals surface area contributed by atoms with Crippen molar-refractivity contribution in [3.63, 3.8) is 0 Å². The number of hydrogen-bond donors (Lipinski definition) is 0. The van der Waals surface area contributed by atoms with E-state index in [1.807, 2.05) is 6.92 Å². The molecule has 11 heavy (non-hydrogen) atoms. The van der Waals surface area contributed by atoms with Gasteiger partial charge in [-0.05, 0) is 27.2 Å². The molecule has 0 atom stereocenters. The maximum Gasteiger partial charge on any atom is 0.0223 e. The summed E-state index contributed by atoms with van der Waals surface area (Å²) in [5.74, 6) is 0.827. The average molecular weight is 177 g/mol. The van der Waals surface area contributed by atoms with E-state index in [9.17, 15) is 0 Å². The molecule has 0 unspecified atom stereocenters. The van der Waals surface area contributed by atoms with Gasteiger partial charge < -0.3 is 0 Å². The zero-order valence-corrected chi connectivity index (χ0v) is 9.04. The molecule has 0 fully saturated rings. The van der Waals surface area contributed by atoms with Gasteiger partial charge in [0, 0.05) is 5.88 Å². The number of hydrogen-bond acceptors (Lipinski definition) is 0. The Kier molecular flexibility index (Phi) is 15.7. The highest BCUT2D eigenvalue weighted by atomic mass is 35.5. The van der Waals surface area contributed by atoms with Gasteiger partial charge in [-0.15, -0.1) is 11.6 Å². The van der Waals surface area contributed by atoms with Crippen molar-refractivity contribution in [1.29, 1.82) is 0 Å².